The summed E-state index contributed by atoms with van der Waals surface area (Å²) in [6.45, 7) is 1.96. The summed E-state index contributed by atoms with van der Waals surface area (Å²) in [4.78, 5) is 28.6. The summed E-state index contributed by atoms with van der Waals surface area (Å²) < 4.78 is 5.11. The molecule has 0 aliphatic heterocycles. The summed E-state index contributed by atoms with van der Waals surface area (Å²) in [6, 6.07) is 16.0. The van der Waals surface area contributed by atoms with Crippen LogP contribution in [0.5, 0.6) is 0 Å². The number of hydrogen-bond acceptors (Lipinski definition) is 5. The zero-order valence-corrected chi connectivity index (χ0v) is 15.6. The van der Waals surface area contributed by atoms with Gasteiger partial charge >= 0.3 is 0 Å². The van der Waals surface area contributed by atoms with Crippen LogP contribution >= 0.6 is 0 Å². The van der Waals surface area contributed by atoms with E-state index in [2.05, 4.69) is 20.8 Å². The zero-order valence-electron chi connectivity index (χ0n) is 15.6. The van der Waals surface area contributed by atoms with Crippen LogP contribution in [0, 0.1) is 0 Å². The highest BCUT2D eigenvalue weighted by Crippen LogP contribution is 2.17. The van der Waals surface area contributed by atoms with Gasteiger partial charge in [-0.15, -0.1) is 0 Å². The zero-order chi connectivity index (χ0) is 19.8. The maximum atomic E-state index is 12.2. The highest BCUT2D eigenvalue weighted by atomic mass is 16.5. The van der Waals surface area contributed by atoms with Crippen LogP contribution in [0.15, 0.2) is 59.1 Å². The van der Waals surface area contributed by atoms with Crippen molar-refractivity contribution >= 4 is 23.2 Å². The Bertz CT molecular complexity index is 938. The molecule has 0 unspecified atom stereocenters. The third-order valence-electron chi connectivity index (χ3n) is 4.06. The fourth-order valence-electron chi connectivity index (χ4n) is 2.63. The molecule has 3 rings (SSSR count). The number of hydrogen-bond donors (Lipinski definition) is 2. The molecule has 0 aliphatic carbocycles. The van der Waals surface area contributed by atoms with Crippen molar-refractivity contribution in [3.63, 3.8) is 0 Å². The first-order valence-electron chi connectivity index (χ1n) is 9.22. The lowest BCUT2D eigenvalue weighted by molar-refractivity contribution is -0.116. The second-order valence-corrected chi connectivity index (χ2v) is 6.26. The molecule has 0 aliphatic rings. The van der Waals surface area contributed by atoms with E-state index in [0.717, 1.165) is 6.42 Å². The summed E-state index contributed by atoms with van der Waals surface area (Å²) >= 11 is 0. The maximum absolute atomic E-state index is 12.2. The second kappa shape index (κ2) is 9.45. The normalized spacial score (nSPS) is 10.5. The van der Waals surface area contributed by atoms with Gasteiger partial charge in [-0.25, -0.2) is 0 Å². The molecule has 1 heterocycles. The van der Waals surface area contributed by atoms with Gasteiger partial charge < -0.3 is 15.2 Å². The third-order valence-corrected chi connectivity index (χ3v) is 4.06. The summed E-state index contributed by atoms with van der Waals surface area (Å²) in [5.41, 5.74) is 1.82. The molecule has 0 atom stereocenters. The Morgan fingerprint density at radius 3 is 2.46 bits per heavy atom. The molecule has 2 amide bonds. The van der Waals surface area contributed by atoms with Crippen LogP contribution in [-0.2, 0) is 17.6 Å². The van der Waals surface area contributed by atoms with Gasteiger partial charge in [0.25, 0.3) is 5.91 Å². The van der Waals surface area contributed by atoms with Gasteiger partial charge in [-0.3, -0.25) is 9.59 Å². The first kappa shape index (κ1) is 19.3. The summed E-state index contributed by atoms with van der Waals surface area (Å²) in [6.07, 6.45) is 2.24. The number of nitrogens with one attached hydrogen (secondary N) is 2. The average Bonchev–Trinajstić information content (AvgIpc) is 3.17. The van der Waals surface area contributed by atoms with Crippen LogP contribution in [0.25, 0.3) is 0 Å². The molecule has 0 bridgehead atoms. The van der Waals surface area contributed by atoms with Crippen molar-refractivity contribution in [3.05, 3.63) is 71.9 Å². The first-order chi connectivity index (χ1) is 13.6. The summed E-state index contributed by atoms with van der Waals surface area (Å²) in [7, 11) is 0. The summed E-state index contributed by atoms with van der Waals surface area (Å²) in [5, 5.41) is 9.50. The Labute approximate surface area is 163 Å². The van der Waals surface area contributed by atoms with Gasteiger partial charge in [0.05, 0.1) is 0 Å². The van der Waals surface area contributed by atoms with Gasteiger partial charge in [-0.1, -0.05) is 36.3 Å². The van der Waals surface area contributed by atoms with Gasteiger partial charge in [-0.05, 0) is 36.8 Å². The molecule has 1 aromatic heterocycles. The molecule has 0 saturated carbocycles. The van der Waals surface area contributed by atoms with Crippen LogP contribution in [0.4, 0.5) is 11.4 Å². The van der Waals surface area contributed by atoms with Crippen molar-refractivity contribution in [1.82, 2.24) is 10.1 Å². The molecule has 7 nitrogen and oxygen atoms in total. The number of amides is 2. The van der Waals surface area contributed by atoms with Crippen molar-refractivity contribution in [2.45, 2.75) is 32.6 Å². The van der Waals surface area contributed by atoms with Gasteiger partial charge in [0.15, 0.2) is 5.82 Å². The van der Waals surface area contributed by atoms with E-state index >= 15 is 0 Å². The molecule has 144 valence electrons. The van der Waals surface area contributed by atoms with Crippen molar-refractivity contribution in [2.24, 2.45) is 0 Å². The minimum atomic E-state index is -0.199. The topological polar surface area (TPSA) is 97.1 Å². The quantitative estimate of drug-likeness (QED) is 0.621. The number of aryl methyl sites for hydroxylation is 2. The van der Waals surface area contributed by atoms with E-state index < -0.39 is 0 Å². The molecule has 0 spiro atoms. The Balaban J connectivity index is 1.49. The Morgan fingerprint density at radius 2 is 1.75 bits per heavy atom. The fourth-order valence-corrected chi connectivity index (χ4v) is 2.63. The van der Waals surface area contributed by atoms with E-state index in [-0.39, 0.29) is 11.8 Å². The first-order valence-corrected chi connectivity index (χ1v) is 9.22. The number of nitrogens with zero attached hydrogens (tertiary/aromatic N) is 2. The van der Waals surface area contributed by atoms with Crippen molar-refractivity contribution < 1.29 is 14.1 Å². The average molecular weight is 378 g/mol. The van der Waals surface area contributed by atoms with E-state index in [1.807, 2.05) is 25.1 Å². The molecule has 28 heavy (non-hydrogen) atoms. The Kier molecular flexibility index (Phi) is 6.51. The van der Waals surface area contributed by atoms with E-state index in [4.69, 9.17) is 4.52 Å². The fraction of sp³-hybridized carbons (Fsp3) is 0.238. The van der Waals surface area contributed by atoms with E-state index in [0.29, 0.717) is 47.9 Å². The predicted octanol–water partition coefficient (Wildman–Crippen LogP) is 3.85. The predicted molar refractivity (Wildman–Crippen MR) is 106 cm³/mol. The lowest BCUT2D eigenvalue weighted by atomic mass is 10.2. The van der Waals surface area contributed by atoms with E-state index in [1.54, 1.807) is 36.4 Å². The molecule has 0 fully saturated rings. The molecule has 0 radical (unpaired) electrons. The molecule has 2 N–H and O–H groups in total. The van der Waals surface area contributed by atoms with E-state index in [1.165, 1.54) is 0 Å². The molecule has 2 aromatic carbocycles. The lowest BCUT2D eigenvalue weighted by Crippen LogP contribution is -2.13. The monoisotopic (exact) mass is 378 g/mol. The van der Waals surface area contributed by atoms with Crippen LogP contribution in [0.3, 0.4) is 0 Å². The highest BCUT2D eigenvalue weighted by Gasteiger charge is 2.09. The minimum Gasteiger partial charge on any atom is -0.339 e. The molecular weight excluding hydrogens is 356 g/mol. The molecule has 0 saturated heterocycles. The van der Waals surface area contributed by atoms with E-state index in [9.17, 15) is 9.59 Å². The highest BCUT2D eigenvalue weighted by molar-refractivity contribution is 6.04. The Hall–Kier alpha value is -3.48. The minimum absolute atomic E-state index is 0.109. The molecule has 7 heteroatoms. The number of benzene rings is 2. The standard InChI is InChI=1S/C21H22N4O3/c1-2-18-24-20(28-25-18)13-7-12-19(26)22-16-10-6-11-17(14-16)23-21(27)15-8-4-3-5-9-15/h3-6,8-11,14H,2,7,12-13H2,1H3,(H,22,26)(H,23,27). The van der Waals surface area contributed by atoms with Crippen molar-refractivity contribution in [3.8, 4) is 0 Å². The van der Waals surface area contributed by atoms with Crippen LogP contribution in [0.1, 0.15) is 41.8 Å². The third kappa shape index (κ3) is 5.51. The van der Waals surface area contributed by atoms with Gasteiger partial charge in [0, 0.05) is 36.2 Å². The lowest BCUT2D eigenvalue weighted by Gasteiger charge is -2.09. The Morgan fingerprint density at radius 1 is 1.00 bits per heavy atom. The number of aromatic nitrogens is 2. The molecular formula is C21H22N4O3. The second-order valence-electron chi connectivity index (χ2n) is 6.26. The maximum Gasteiger partial charge on any atom is 0.255 e. The number of carbonyl (C=O) groups excluding carboxylic acids is 2. The van der Waals surface area contributed by atoms with Crippen molar-refractivity contribution in [1.29, 1.82) is 0 Å². The molecule has 3 aromatic rings. The SMILES string of the molecule is CCc1noc(CCCC(=O)Nc2cccc(NC(=O)c3ccccc3)c2)n1. The number of anilines is 2. The van der Waals surface area contributed by atoms with Crippen LogP contribution in [0.2, 0.25) is 0 Å². The smallest absolute Gasteiger partial charge is 0.255 e. The van der Waals surface area contributed by atoms with Crippen LogP contribution in [-0.4, -0.2) is 22.0 Å². The summed E-state index contributed by atoms with van der Waals surface area (Å²) in [5.74, 6) is 0.918. The van der Waals surface area contributed by atoms with Gasteiger partial charge in [0.1, 0.15) is 0 Å². The largest absolute Gasteiger partial charge is 0.339 e. The number of rotatable bonds is 8. The van der Waals surface area contributed by atoms with Crippen LogP contribution < -0.4 is 10.6 Å². The number of carbonyl (C=O) groups is 2. The van der Waals surface area contributed by atoms with Gasteiger partial charge in [0.2, 0.25) is 11.8 Å². The van der Waals surface area contributed by atoms with Gasteiger partial charge in [-0.2, -0.15) is 4.98 Å². The van der Waals surface area contributed by atoms with Crippen molar-refractivity contribution in [2.75, 3.05) is 10.6 Å².